The van der Waals surface area contributed by atoms with E-state index in [9.17, 15) is 0 Å². The van der Waals surface area contributed by atoms with Crippen molar-refractivity contribution < 1.29 is 4.74 Å². The summed E-state index contributed by atoms with van der Waals surface area (Å²) >= 11 is 1.69. The maximum Gasteiger partial charge on any atom is 0.0937 e. The average molecular weight is 229 g/mol. The van der Waals surface area contributed by atoms with Crippen LogP contribution in [0.3, 0.4) is 0 Å². The van der Waals surface area contributed by atoms with Crippen molar-refractivity contribution in [2.45, 2.75) is 18.9 Å². The highest BCUT2D eigenvalue weighted by molar-refractivity contribution is 7.09. The first-order valence-corrected chi connectivity index (χ1v) is 6.04. The van der Waals surface area contributed by atoms with Crippen molar-refractivity contribution in [2.24, 2.45) is 5.73 Å². The molecular weight excluding hydrogens is 210 g/mol. The molecule has 0 radical (unpaired) electrons. The summed E-state index contributed by atoms with van der Waals surface area (Å²) in [7, 11) is 1.70. The smallest absolute Gasteiger partial charge is 0.0937 e. The SMILES string of the molecule is COCCC(N)CNCCc1nccs1. The summed E-state index contributed by atoms with van der Waals surface area (Å²) in [5.74, 6) is 0. The molecule has 1 unspecified atom stereocenters. The first-order chi connectivity index (χ1) is 7.33. The Hall–Kier alpha value is -0.490. The van der Waals surface area contributed by atoms with Crippen LogP contribution < -0.4 is 11.1 Å². The molecule has 4 nitrogen and oxygen atoms in total. The standard InChI is InChI=1S/C10H19N3OS/c1-14-6-3-9(11)8-12-4-2-10-13-5-7-15-10/h5,7,9,12H,2-4,6,8,11H2,1H3. The molecule has 5 heteroatoms. The minimum absolute atomic E-state index is 0.182. The van der Waals surface area contributed by atoms with Gasteiger partial charge in [-0.1, -0.05) is 0 Å². The molecule has 0 spiro atoms. The number of nitrogens with zero attached hydrogens (tertiary/aromatic N) is 1. The zero-order valence-electron chi connectivity index (χ0n) is 9.11. The van der Waals surface area contributed by atoms with Crippen molar-refractivity contribution in [1.29, 1.82) is 0 Å². The van der Waals surface area contributed by atoms with Crippen molar-refractivity contribution in [3.63, 3.8) is 0 Å². The monoisotopic (exact) mass is 229 g/mol. The second-order valence-corrected chi connectivity index (χ2v) is 4.40. The summed E-state index contributed by atoms with van der Waals surface area (Å²) in [5, 5.41) is 6.49. The fourth-order valence-corrected chi connectivity index (χ4v) is 1.85. The molecule has 15 heavy (non-hydrogen) atoms. The maximum atomic E-state index is 5.86. The van der Waals surface area contributed by atoms with E-state index in [2.05, 4.69) is 10.3 Å². The highest BCUT2D eigenvalue weighted by Crippen LogP contribution is 2.03. The highest BCUT2D eigenvalue weighted by Gasteiger charge is 2.01. The van der Waals surface area contributed by atoms with E-state index in [1.165, 1.54) is 5.01 Å². The van der Waals surface area contributed by atoms with E-state index < -0.39 is 0 Å². The van der Waals surface area contributed by atoms with Gasteiger partial charge in [-0.2, -0.15) is 0 Å². The summed E-state index contributed by atoms with van der Waals surface area (Å²) in [6, 6.07) is 0.182. The average Bonchev–Trinajstić information content (AvgIpc) is 2.74. The summed E-state index contributed by atoms with van der Waals surface area (Å²) in [6.45, 7) is 2.51. The molecule has 0 aliphatic heterocycles. The van der Waals surface area contributed by atoms with E-state index in [0.29, 0.717) is 0 Å². The molecule has 0 aliphatic carbocycles. The molecule has 1 rings (SSSR count). The van der Waals surface area contributed by atoms with E-state index in [4.69, 9.17) is 10.5 Å². The quantitative estimate of drug-likeness (QED) is 0.642. The number of nitrogens with two attached hydrogens (primary N) is 1. The van der Waals surface area contributed by atoms with E-state index in [-0.39, 0.29) is 6.04 Å². The van der Waals surface area contributed by atoms with Gasteiger partial charge >= 0.3 is 0 Å². The minimum atomic E-state index is 0.182. The van der Waals surface area contributed by atoms with Crippen molar-refractivity contribution in [3.05, 3.63) is 16.6 Å². The van der Waals surface area contributed by atoms with Gasteiger partial charge in [0.1, 0.15) is 0 Å². The van der Waals surface area contributed by atoms with Crippen LogP contribution in [0.25, 0.3) is 0 Å². The third kappa shape index (κ3) is 5.84. The summed E-state index contributed by atoms with van der Waals surface area (Å²) in [4.78, 5) is 4.21. The molecule has 1 aromatic rings. The number of rotatable bonds is 8. The number of hydrogen-bond donors (Lipinski definition) is 2. The van der Waals surface area contributed by atoms with Crippen LogP contribution in [0.1, 0.15) is 11.4 Å². The molecule has 0 bridgehead atoms. The van der Waals surface area contributed by atoms with Crippen molar-refractivity contribution in [1.82, 2.24) is 10.3 Å². The molecule has 1 heterocycles. The largest absolute Gasteiger partial charge is 0.385 e. The van der Waals surface area contributed by atoms with Gasteiger partial charge in [-0.3, -0.25) is 0 Å². The Balaban J connectivity index is 1.97. The molecule has 1 aromatic heterocycles. The van der Waals surface area contributed by atoms with Crippen LogP contribution in [0.2, 0.25) is 0 Å². The molecule has 0 aliphatic rings. The van der Waals surface area contributed by atoms with Gasteiger partial charge in [0, 0.05) is 50.8 Å². The first-order valence-electron chi connectivity index (χ1n) is 5.16. The number of ether oxygens (including phenoxy) is 1. The van der Waals surface area contributed by atoms with Gasteiger partial charge in [-0.25, -0.2) is 4.98 Å². The zero-order chi connectivity index (χ0) is 10.9. The van der Waals surface area contributed by atoms with E-state index >= 15 is 0 Å². The highest BCUT2D eigenvalue weighted by atomic mass is 32.1. The van der Waals surface area contributed by atoms with Gasteiger partial charge < -0.3 is 15.8 Å². The number of methoxy groups -OCH3 is 1. The van der Waals surface area contributed by atoms with Gasteiger partial charge in [-0.15, -0.1) is 11.3 Å². The van der Waals surface area contributed by atoms with Gasteiger partial charge in [0.05, 0.1) is 5.01 Å². The van der Waals surface area contributed by atoms with Gasteiger partial charge in [0.25, 0.3) is 0 Å². The lowest BCUT2D eigenvalue weighted by Crippen LogP contribution is -2.35. The van der Waals surface area contributed by atoms with Crippen molar-refractivity contribution in [3.8, 4) is 0 Å². The number of thiazole rings is 1. The van der Waals surface area contributed by atoms with Crippen LogP contribution in [0, 0.1) is 0 Å². The second kappa shape index (κ2) is 7.76. The molecule has 0 aromatic carbocycles. The maximum absolute atomic E-state index is 5.86. The summed E-state index contributed by atoms with van der Waals surface area (Å²) in [6.07, 6.45) is 3.72. The molecular formula is C10H19N3OS. The molecule has 86 valence electrons. The third-order valence-corrected chi connectivity index (χ3v) is 2.94. The van der Waals surface area contributed by atoms with Crippen LogP contribution in [0.4, 0.5) is 0 Å². The fourth-order valence-electron chi connectivity index (χ4n) is 1.23. The van der Waals surface area contributed by atoms with E-state index in [0.717, 1.165) is 32.5 Å². The Morgan fingerprint density at radius 2 is 2.53 bits per heavy atom. The lowest BCUT2D eigenvalue weighted by Gasteiger charge is -2.11. The number of hydrogen-bond acceptors (Lipinski definition) is 5. The van der Waals surface area contributed by atoms with E-state index in [1.54, 1.807) is 18.4 Å². The first kappa shape index (κ1) is 12.6. The Morgan fingerprint density at radius 1 is 1.67 bits per heavy atom. The lowest BCUT2D eigenvalue weighted by molar-refractivity contribution is 0.187. The van der Waals surface area contributed by atoms with Crippen LogP contribution in [0.15, 0.2) is 11.6 Å². The van der Waals surface area contributed by atoms with Crippen LogP contribution >= 0.6 is 11.3 Å². The number of nitrogens with one attached hydrogen (secondary N) is 1. The van der Waals surface area contributed by atoms with Crippen LogP contribution in [-0.4, -0.2) is 37.8 Å². The van der Waals surface area contributed by atoms with Gasteiger partial charge in [-0.05, 0) is 6.42 Å². The second-order valence-electron chi connectivity index (χ2n) is 3.42. The molecule has 3 N–H and O–H groups in total. The molecule has 0 saturated heterocycles. The Bertz CT molecular complexity index is 241. The third-order valence-electron chi connectivity index (χ3n) is 2.10. The Morgan fingerprint density at radius 3 is 3.20 bits per heavy atom. The van der Waals surface area contributed by atoms with Crippen LogP contribution in [-0.2, 0) is 11.2 Å². The lowest BCUT2D eigenvalue weighted by atomic mass is 10.2. The predicted octanol–water partition coefficient (Wildman–Crippen LogP) is 0.639. The zero-order valence-corrected chi connectivity index (χ0v) is 9.93. The van der Waals surface area contributed by atoms with E-state index in [1.807, 2.05) is 11.6 Å². The molecule has 0 saturated carbocycles. The van der Waals surface area contributed by atoms with Crippen molar-refractivity contribution in [2.75, 3.05) is 26.8 Å². The summed E-state index contributed by atoms with van der Waals surface area (Å²) < 4.78 is 4.96. The normalized spacial score (nSPS) is 12.9. The van der Waals surface area contributed by atoms with Gasteiger partial charge in [0.15, 0.2) is 0 Å². The molecule has 0 fully saturated rings. The van der Waals surface area contributed by atoms with Crippen LogP contribution in [0.5, 0.6) is 0 Å². The van der Waals surface area contributed by atoms with Crippen molar-refractivity contribution >= 4 is 11.3 Å². The minimum Gasteiger partial charge on any atom is -0.385 e. The topological polar surface area (TPSA) is 60.2 Å². The van der Waals surface area contributed by atoms with Gasteiger partial charge in [0.2, 0.25) is 0 Å². The Kier molecular flexibility index (Phi) is 6.50. The number of aromatic nitrogens is 1. The summed E-state index contributed by atoms with van der Waals surface area (Å²) in [5.41, 5.74) is 5.86. The molecule has 0 amide bonds. The fraction of sp³-hybridized carbons (Fsp3) is 0.700. The molecule has 1 atom stereocenters. The Labute approximate surface area is 94.8 Å². The predicted molar refractivity (Wildman–Crippen MR) is 63.2 cm³/mol.